The van der Waals surface area contributed by atoms with Crippen molar-refractivity contribution in [3.63, 3.8) is 0 Å². The Kier molecular flexibility index (Phi) is 19.0. The summed E-state index contributed by atoms with van der Waals surface area (Å²) in [4.78, 5) is 71.3. The molecule has 5 aromatic heterocycles. The SMILES string of the molecule is O=C([O-])c1ccc2cccc(O)c2n1.O=C([O-])c1ccc2cccc(O)c2n1.O=C([O-])c1ccc2cccc(O)c2n1.O=C([O-])c1ccc2cccc(O)c2n1.O=C([O-])c1ccc2cccc(O)c2n1.[Al+3].[Zn+2]. The van der Waals surface area contributed by atoms with Crippen molar-refractivity contribution in [2.45, 2.75) is 0 Å². The number of phenolic OH excluding ortho intramolecular Hbond substituents is 5. The van der Waals surface area contributed by atoms with E-state index < -0.39 is 29.8 Å². The third-order valence-electron chi connectivity index (χ3n) is 9.54. The van der Waals surface area contributed by atoms with E-state index in [4.69, 9.17) is 0 Å². The van der Waals surface area contributed by atoms with Gasteiger partial charge < -0.3 is 75.0 Å². The first-order valence-electron chi connectivity index (χ1n) is 19.9. The molecule has 350 valence electrons. The van der Waals surface area contributed by atoms with Gasteiger partial charge >= 0.3 is 36.8 Å². The zero-order chi connectivity index (χ0) is 50.6. The number of aromatic nitrogens is 5. The van der Waals surface area contributed by atoms with Gasteiger partial charge in [-0.25, -0.2) is 24.9 Å². The van der Waals surface area contributed by atoms with Gasteiger partial charge in [-0.15, -0.1) is 0 Å². The summed E-state index contributed by atoms with van der Waals surface area (Å²) in [5.41, 5.74) is 0.455. The molecule has 10 aromatic rings. The average Bonchev–Trinajstić information content (AvgIpc) is 3.35. The number of carbonyl (C=O) groups excluding carboxylic acids is 5. The van der Waals surface area contributed by atoms with Crippen molar-refractivity contribution in [2.75, 3.05) is 0 Å². The second kappa shape index (κ2) is 24.8. The Morgan fingerprint density at radius 3 is 0.569 bits per heavy atom. The van der Waals surface area contributed by atoms with Gasteiger partial charge in [0.15, 0.2) is 0 Å². The second-order valence-corrected chi connectivity index (χ2v) is 14.2. The van der Waals surface area contributed by atoms with Crippen molar-refractivity contribution in [2.24, 2.45) is 0 Å². The first-order chi connectivity index (χ1) is 33.4. The van der Waals surface area contributed by atoms with Gasteiger partial charge in [0.2, 0.25) is 0 Å². The van der Waals surface area contributed by atoms with Crippen LogP contribution in [-0.2, 0) is 19.5 Å². The molecule has 0 amide bonds. The van der Waals surface area contributed by atoms with Crippen LogP contribution < -0.4 is 25.5 Å². The van der Waals surface area contributed by atoms with Crippen molar-refractivity contribution in [3.8, 4) is 28.7 Å². The average molecular weight is 1030 g/mol. The molecule has 5 N–H and O–H groups in total. The van der Waals surface area contributed by atoms with Gasteiger partial charge in [-0.1, -0.05) is 91.0 Å². The maximum Gasteiger partial charge on any atom is 3.00 e. The number of phenols is 5. The van der Waals surface area contributed by atoms with Crippen LogP contribution in [0.4, 0.5) is 0 Å². The summed E-state index contributed by atoms with van der Waals surface area (Å²) >= 11 is 0. The predicted molar refractivity (Wildman–Crippen MR) is 244 cm³/mol. The van der Waals surface area contributed by atoms with Gasteiger partial charge in [0.05, 0.1) is 58.3 Å². The fourth-order valence-corrected chi connectivity index (χ4v) is 6.23. The van der Waals surface area contributed by atoms with E-state index >= 15 is 0 Å². The number of carbonyl (C=O) groups is 5. The fourth-order valence-electron chi connectivity index (χ4n) is 6.23. The topological polar surface area (TPSA) is 366 Å². The molecule has 5 aromatic carbocycles. The summed E-state index contributed by atoms with van der Waals surface area (Å²) in [5.74, 6) is -6.94. The Morgan fingerprint density at radius 2 is 0.431 bits per heavy atom. The standard InChI is InChI=1S/5C10H7NO3.Al.Zn/c5*12-8-3-1-2-6-4-5-7(10(13)14)11-9(6)8;;/h5*1-5,12H,(H,13,14);;/q;;;;;+3;+2/p-5. The van der Waals surface area contributed by atoms with Crippen molar-refractivity contribution >= 4 is 102 Å². The zero-order valence-electron chi connectivity index (χ0n) is 36.8. The Bertz CT molecular complexity index is 3110. The van der Waals surface area contributed by atoms with E-state index in [1.807, 2.05) is 0 Å². The summed E-state index contributed by atoms with van der Waals surface area (Å²) in [6.45, 7) is 0. The van der Waals surface area contributed by atoms with Gasteiger partial charge in [0.25, 0.3) is 0 Å². The molecule has 0 atom stereocenters. The van der Waals surface area contributed by atoms with E-state index in [1.165, 1.54) is 60.7 Å². The van der Waals surface area contributed by atoms with E-state index in [-0.39, 0.29) is 122 Å². The van der Waals surface area contributed by atoms with Crippen LogP contribution in [0.1, 0.15) is 52.4 Å². The van der Waals surface area contributed by atoms with E-state index in [0.717, 1.165) is 0 Å². The molecule has 0 fully saturated rings. The first-order valence-corrected chi connectivity index (χ1v) is 19.9. The summed E-state index contributed by atoms with van der Waals surface area (Å²) in [7, 11) is 0. The van der Waals surface area contributed by atoms with E-state index in [0.29, 0.717) is 26.9 Å². The number of para-hydroxylation sites is 5. The molecule has 72 heavy (non-hydrogen) atoms. The number of pyridine rings is 5. The number of hydrogen-bond acceptors (Lipinski definition) is 20. The minimum atomic E-state index is -1.35. The molecule has 0 saturated heterocycles. The third kappa shape index (κ3) is 13.7. The molecule has 0 aliphatic carbocycles. The number of hydrogen-bond donors (Lipinski definition) is 5. The number of aromatic hydroxyl groups is 5. The number of nitrogens with zero attached hydrogens (tertiary/aromatic N) is 5. The van der Waals surface area contributed by atoms with Crippen LogP contribution in [0.2, 0.25) is 0 Å². The van der Waals surface area contributed by atoms with Gasteiger partial charge in [-0.05, 0) is 60.7 Å². The summed E-state index contributed by atoms with van der Waals surface area (Å²) in [6, 6.07) is 38.9. The number of aromatic carboxylic acids is 5. The Labute approximate surface area is 428 Å². The number of carboxylic acids is 5. The Balaban J connectivity index is 0.000000194. The summed E-state index contributed by atoms with van der Waals surface area (Å²) < 4.78 is 0. The molecule has 0 bridgehead atoms. The Hall–Kier alpha value is -9.34. The molecular formula is C50H30AlN5O15Zn. The number of rotatable bonds is 5. The maximum absolute atomic E-state index is 10.5. The van der Waals surface area contributed by atoms with Crippen LogP contribution in [0.5, 0.6) is 28.7 Å². The van der Waals surface area contributed by atoms with Crippen LogP contribution in [0.25, 0.3) is 54.5 Å². The molecule has 0 radical (unpaired) electrons. The van der Waals surface area contributed by atoms with E-state index in [9.17, 15) is 75.0 Å². The monoisotopic (exact) mass is 1030 g/mol. The Morgan fingerprint density at radius 1 is 0.278 bits per heavy atom. The minimum absolute atomic E-state index is 0. The molecule has 0 saturated carbocycles. The normalized spacial score (nSPS) is 10.0. The van der Waals surface area contributed by atoms with Crippen LogP contribution in [0.3, 0.4) is 0 Å². The van der Waals surface area contributed by atoms with Crippen LogP contribution in [0.15, 0.2) is 152 Å². The first kappa shape index (κ1) is 55.3. The largest absolute Gasteiger partial charge is 3.00 e. The zero-order valence-corrected chi connectivity index (χ0v) is 40.9. The van der Waals surface area contributed by atoms with Crippen molar-refractivity contribution in [3.05, 3.63) is 180 Å². The molecule has 10 rings (SSSR count). The minimum Gasteiger partial charge on any atom is -0.543 e. The maximum atomic E-state index is 10.5. The molecule has 0 aliphatic heterocycles. The van der Waals surface area contributed by atoms with E-state index in [1.54, 1.807) is 91.0 Å². The molecule has 0 spiro atoms. The van der Waals surface area contributed by atoms with Crippen molar-refractivity contribution in [1.82, 2.24) is 24.9 Å². The van der Waals surface area contributed by atoms with Gasteiger partial charge in [-0.2, -0.15) is 0 Å². The van der Waals surface area contributed by atoms with Gasteiger partial charge in [0.1, 0.15) is 56.3 Å². The molecule has 0 unspecified atom stereocenters. The summed E-state index contributed by atoms with van der Waals surface area (Å²) in [6.07, 6.45) is 0. The van der Waals surface area contributed by atoms with Gasteiger partial charge in [0, 0.05) is 26.9 Å². The molecule has 22 heteroatoms. The van der Waals surface area contributed by atoms with Gasteiger partial charge in [-0.3, -0.25) is 0 Å². The third-order valence-corrected chi connectivity index (χ3v) is 9.54. The van der Waals surface area contributed by atoms with Crippen LogP contribution in [0, 0.1) is 0 Å². The predicted octanol–water partition coefficient (Wildman–Crippen LogP) is 1.14. The number of benzene rings is 5. The quantitative estimate of drug-likeness (QED) is 0.151. The van der Waals surface area contributed by atoms with Crippen molar-refractivity contribution in [1.29, 1.82) is 0 Å². The summed E-state index contributed by atoms with van der Waals surface area (Å²) in [5, 5.41) is 103. The smallest absolute Gasteiger partial charge is 0.543 e. The molecular weight excluding hydrogens is 1000 g/mol. The van der Waals surface area contributed by atoms with E-state index in [2.05, 4.69) is 24.9 Å². The van der Waals surface area contributed by atoms with Crippen molar-refractivity contribution < 1.29 is 94.5 Å². The molecule has 20 nitrogen and oxygen atoms in total. The second-order valence-electron chi connectivity index (χ2n) is 14.2. The van der Waals surface area contributed by atoms with Crippen LogP contribution in [-0.4, -0.2) is 97.7 Å². The van der Waals surface area contributed by atoms with Crippen LogP contribution >= 0.6 is 0 Å². The fraction of sp³-hybridized carbons (Fsp3) is 0. The number of fused-ring (bicyclic) bond motifs is 5. The molecule has 5 heterocycles. The molecule has 0 aliphatic rings. The number of carboxylic acid groups (broad SMARTS) is 5.